The highest BCUT2D eigenvalue weighted by Crippen LogP contribution is 2.24. The van der Waals surface area contributed by atoms with Gasteiger partial charge in [-0.25, -0.2) is 9.78 Å². The molecule has 0 amide bonds. The maximum absolute atomic E-state index is 11.6. The number of aromatic nitrogens is 1. The van der Waals surface area contributed by atoms with E-state index in [1.54, 1.807) is 6.20 Å². The van der Waals surface area contributed by atoms with Gasteiger partial charge in [-0.1, -0.05) is 0 Å². The highest BCUT2D eigenvalue weighted by molar-refractivity contribution is 9.10. The van der Waals surface area contributed by atoms with E-state index in [4.69, 9.17) is 4.74 Å². The standard InChI is InChI=1S/C11H14BrN3O2/c1-17-11(16)10-9(6-8(12)7-14-10)15-4-2-13-3-5-15/h6-7,13H,2-5H2,1H3. The van der Waals surface area contributed by atoms with Crippen LogP contribution < -0.4 is 10.2 Å². The third-order valence-corrected chi connectivity index (χ3v) is 3.10. The van der Waals surface area contributed by atoms with Crippen molar-refractivity contribution in [1.82, 2.24) is 10.3 Å². The van der Waals surface area contributed by atoms with E-state index in [0.29, 0.717) is 5.69 Å². The zero-order valence-corrected chi connectivity index (χ0v) is 11.2. The zero-order chi connectivity index (χ0) is 12.3. The summed E-state index contributed by atoms with van der Waals surface area (Å²) in [7, 11) is 1.37. The van der Waals surface area contributed by atoms with E-state index in [1.165, 1.54) is 7.11 Å². The fourth-order valence-electron chi connectivity index (χ4n) is 1.83. The SMILES string of the molecule is COC(=O)c1ncc(Br)cc1N1CCNCC1. The van der Waals surface area contributed by atoms with Gasteiger partial charge in [-0.15, -0.1) is 0 Å². The lowest BCUT2D eigenvalue weighted by molar-refractivity contribution is 0.0594. The normalized spacial score (nSPS) is 15.8. The number of nitrogens with one attached hydrogen (secondary N) is 1. The number of rotatable bonds is 2. The summed E-state index contributed by atoms with van der Waals surface area (Å²) in [6.07, 6.45) is 1.61. The van der Waals surface area contributed by atoms with Crippen LogP contribution in [0.15, 0.2) is 16.7 Å². The van der Waals surface area contributed by atoms with Gasteiger partial charge in [0.2, 0.25) is 0 Å². The first kappa shape index (κ1) is 12.3. The van der Waals surface area contributed by atoms with E-state index in [2.05, 4.69) is 31.1 Å². The van der Waals surface area contributed by atoms with Crippen molar-refractivity contribution in [2.24, 2.45) is 0 Å². The molecule has 0 aliphatic carbocycles. The maximum Gasteiger partial charge on any atom is 0.358 e. The van der Waals surface area contributed by atoms with Gasteiger partial charge in [-0.3, -0.25) is 0 Å². The van der Waals surface area contributed by atoms with Crippen LogP contribution >= 0.6 is 15.9 Å². The van der Waals surface area contributed by atoms with Crippen molar-refractivity contribution in [2.75, 3.05) is 38.2 Å². The van der Waals surface area contributed by atoms with Crippen molar-refractivity contribution in [3.05, 3.63) is 22.4 Å². The second-order valence-corrected chi connectivity index (χ2v) is 4.67. The van der Waals surface area contributed by atoms with Crippen LogP contribution in [0.25, 0.3) is 0 Å². The van der Waals surface area contributed by atoms with Crippen molar-refractivity contribution in [3.8, 4) is 0 Å². The molecule has 1 aromatic heterocycles. The fraction of sp³-hybridized carbons (Fsp3) is 0.455. The van der Waals surface area contributed by atoms with Crippen LogP contribution in [0, 0.1) is 0 Å². The minimum Gasteiger partial charge on any atom is -0.464 e. The van der Waals surface area contributed by atoms with Crippen molar-refractivity contribution in [2.45, 2.75) is 0 Å². The largest absolute Gasteiger partial charge is 0.464 e. The first-order chi connectivity index (χ1) is 8.22. The molecule has 2 heterocycles. The fourth-order valence-corrected chi connectivity index (χ4v) is 2.15. The molecular formula is C11H14BrN3O2. The summed E-state index contributed by atoms with van der Waals surface area (Å²) in [5.41, 5.74) is 1.20. The van der Waals surface area contributed by atoms with Crippen LogP contribution in [0.4, 0.5) is 5.69 Å². The summed E-state index contributed by atoms with van der Waals surface area (Å²) in [5, 5.41) is 3.27. The molecule has 1 saturated heterocycles. The van der Waals surface area contributed by atoms with Crippen LogP contribution in [0.3, 0.4) is 0 Å². The minimum absolute atomic E-state index is 0.373. The molecule has 0 atom stereocenters. The molecule has 1 aromatic rings. The summed E-state index contributed by atoms with van der Waals surface area (Å²) >= 11 is 3.38. The molecule has 0 bridgehead atoms. The van der Waals surface area contributed by atoms with Gasteiger partial charge in [-0.05, 0) is 22.0 Å². The van der Waals surface area contributed by atoms with Crippen LogP contribution in [-0.4, -0.2) is 44.2 Å². The van der Waals surface area contributed by atoms with Crippen molar-refractivity contribution in [1.29, 1.82) is 0 Å². The lowest BCUT2D eigenvalue weighted by atomic mass is 10.2. The Morgan fingerprint density at radius 3 is 2.88 bits per heavy atom. The van der Waals surface area contributed by atoms with Gasteiger partial charge < -0.3 is 15.0 Å². The number of esters is 1. The minimum atomic E-state index is -0.397. The van der Waals surface area contributed by atoms with Crippen LogP contribution in [0.2, 0.25) is 0 Å². The number of hydrogen-bond acceptors (Lipinski definition) is 5. The lowest BCUT2D eigenvalue weighted by Gasteiger charge is -2.30. The Hall–Kier alpha value is -1.14. The first-order valence-corrected chi connectivity index (χ1v) is 6.21. The Kier molecular flexibility index (Phi) is 3.96. The summed E-state index contributed by atoms with van der Waals surface area (Å²) in [5.74, 6) is -0.397. The number of methoxy groups -OCH3 is 1. The molecule has 92 valence electrons. The number of pyridine rings is 1. The molecule has 1 aliphatic rings. The van der Waals surface area contributed by atoms with Gasteiger partial charge in [0.25, 0.3) is 0 Å². The number of anilines is 1. The number of carbonyl (C=O) groups is 1. The summed E-state index contributed by atoms with van der Waals surface area (Å²) < 4.78 is 5.61. The van der Waals surface area contributed by atoms with Crippen molar-refractivity contribution < 1.29 is 9.53 Å². The molecule has 0 spiro atoms. The molecule has 2 rings (SSSR count). The topological polar surface area (TPSA) is 54.5 Å². The molecule has 1 aliphatic heterocycles. The number of carbonyl (C=O) groups excluding carboxylic acids is 1. The second-order valence-electron chi connectivity index (χ2n) is 3.75. The Bertz CT molecular complexity index is 419. The molecule has 1 N–H and O–H groups in total. The molecule has 17 heavy (non-hydrogen) atoms. The van der Waals surface area contributed by atoms with E-state index in [0.717, 1.165) is 36.3 Å². The molecule has 0 unspecified atom stereocenters. The highest BCUT2D eigenvalue weighted by atomic mass is 79.9. The number of ether oxygens (including phenoxy) is 1. The van der Waals surface area contributed by atoms with E-state index in [-0.39, 0.29) is 0 Å². The first-order valence-electron chi connectivity index (χ1n) is 5.42. The van der Waals surface area contributed by atoms with Gasteiger partial charge in [0.05, 0.1) is 12.8 Å². The average molecular weight is 300 g/mol. The van der Waals surface area contributed by atoms with E-state index < -0.39 is 5.97 Å². The van der Waals surface area contributed by atoms with Crippen molar-refractivity contribution >= 4 is 27.6 Å². The molecule has 0 radical (unpaired) electrons. The molecule has 6 heteroatoms. The zero-order valence-electron chi connectivity index (χ0n) is 9.57. The number of hydrogen-bond donors (Lipinski definition) is 1. The Morgan fingerprint density at radius 2 is 2.24 bits per heavy atom. The molecule has 1 fully saturated rings. The van der Waals surface area contributed by atoms with Gasteiger partial charge >= 0.3 is 5.97 Å². The molecule has 0 saturated carbocycles. The lowest BCUT2D eigenvalue weighted by Crippen LogP contribution is -2.44. The monoisotopic (exact) mass is 299 g/mol. The average Bonchev–Trinajstić information content (AvgIpc) is 2.39. The van der Waals surface area contributed by atoms with Crippen molar-refractivity contribution in [3.63, 3.8) is 0 Å². The summed E-state index contributed by atoms with van der Waals surface area (Å²) in [4.78, 5) is 17.9. The Morgan fingerprint density at radius 1 is 1.53 bits per heavy atom. The molecule has 0 aromatic carbocycles. The summed E-state index contributed by atoms with van der Waals surface area (Å²) in [6, 6.07) is 1.91. The van der Waals surface area contributed by atoms with Gasteiger partial charge in [-0.2, -0.15) is 0 Å². The van der Waals surface area contributed by atoms with Crippen LogP contribution in [0.1, 0.15) is 10.5 Å². The van der Waals surface area contributed by atoms with E-state index >= 15 is 0 Å². The maximum atomic E-state index is 11.6. The third kappa shape index (κ3) is 2.76. The van der Waals surface area contributed by atoms with Gasteiger partial charge in [0.1, 0.15) is 0 Å². The molecular weight excluding hydrogens is 286 g/mol. The van der Waals surface area contributed by atoms with Gasteiger partial charge in [0.15, 0.2) is 5.69 Å². The Labute approximate surface area is 108 Å². The quantitative estimate of drug-likeness (QED) is 0.827. The van der Waals surface area contributed by atoms with Crippen LogP contribution in [0.5, 0.6) is 0 Å². The van der Waals surface area contributed by atoms with Gasteiger partial charge in [0, 0.05) is 36.8 Å². The predicted octanol–water partition coefficient (Wildman–Crippen LogP) is 1.04. The number of piperazine rings is 1. The number of halogens is 1. The Balaban J connectivity index is 2.35. The second kappa shape index (κ2) is 5.46. The number of nitrogens with zero attached hydrogens (tertiary/aromatic N) is 2. The third-order valence-electron chi connectivity index (χ3n) is 2.67. The van der Waals surface area contributed by atoms with E-state index in [9.17, 15) is 4.79 Å². The van der Waals surface area contributed by atoms with E-state index in [1.807, 2.05) is 6.07 Å². The smallest absolute Gasteiger partial charge is 0.358 e. The van der Waals surface area contributed by atoms with Crippen LogP contribution in [-0.2, 0) is 4.74 Å². The predicted molar refractivity (Wildman–Crippen MR) is 68.4 cm³/mol. The summed E-state index contributed by atoms with van der Waals surface area (Å²) in [6.45, 7) is 3.55. The molecule has 5 nitrogen and oxygen atoms in total. The highest BCUT2D eigenvalue weighted by Gasteiger charge is 2.20.